The Kier molecular flexibility index (Phi) is 7.38. The minimum absolute atomic E-state index is 0. The van der Waals surface area contributed by atoms with Crippen molar-refractivity contribution in [3.05, 3.63) is 63.7 Å². The zero-order valence-corrected chi connectivity index (χ0v) is 20.4. The SMILES string of the molecule is CC(F)(F)[C@@H](NC(=O)c1cn(-c2c(F)cccc2F)c2nc(N3C[C@@H](O)[C@H](O)C3)c(F)cc2c1=O)C1CC1.F. The van der Waals surface area contributed by atoms with Gasteiger partial charge in [0, 0.05) is 26.2 Å². The van der Waals surface area contributed by atoms with Crippen molar-refractivity contribution in [1.29, 1.82) is 0 Å². The van der Waals surface area contributed by atoms with E-state index in [9.17, 15) is 37.4 Å². The Bertz CT molecular complexity index is 1460. The summed E-state index contributed by atoms with van der Waals surface area (Å²) < 4.78 is 73.9. The lowest BCUT2D eigenvalue weighted by Gasteiger charge is -2.25. The molecule has 3 heterocycles. The van der Waals surface area contributed by atoms with Crippen LogP contribution in [0.25, 0.3) is 16.7 Å². The largest absolute Gasteiger partial charge is 0.389 e. The van der Waals surface area contributed by atoms with E-state index in [0.29, 0.717) is 19.8 Å². The monoisotopic (exact) mass is 558 g/mol. The number of hydrogen-bond donors (Lipinski definition) is 3. The zero-order valence-electron chi connectivity index (χ0n) is 20.4. The maximum absolute atomic E-state index is 15.1. The van der Waals surface area contributed by atoms with Crippen LogP contribution in [0.3, 0.4) is 0 Å². The van der Waals surface area contributed by atoms with Gasteiger partial charge in [-0.25, -0.2) is 26.9 Å². The zero-order chi connectivity index (χ0) is 27.5. The molecule has 39 heavy (non-hydrogen) atoms. The molecule has 1 saturated carbocycles. The summed E-state index contributed by atoms with van der Waals surface area (Å²) in [5, 5.41) is 21.3. The number of alkyl halides is 2. The number of carbonyl (C=O) groups excluding carboxylic acids is 1. The molecule has 1 saturated heterocycles. The van der Waals surface area contributed by atoms with Gasteiger partial charge in [0.05, 0.1) is 23.6 Å². The van der Waals surface area contributed by atoms with Gasteiger partial charge in [-0.3, -0.25) is 18.9 Å². The van der Waals surface area contributed by atoms with Crippen LogP contribution in [0, 0.1) is 23.4 Å². The second-order valence-electron chi connectivity index (χ2n) is 9.76. The molecule has 0 radical (unpaired) electrons. The Hall–Kier alpha value is -3.65. The summed E-state index contributed by atoms with van der Waals surface area (Å²) in [6, 6.07) is 2.06. The number of aliphatic hydroxyl groups excluding tert-OH is 2. The third-order valence-electron chi connectivity index (χ3n) is 6.82. The average Bonchev–Trinajstić information content (AvgIpc) is 3.61. The third-order valence-corrected chi connectivity index (χ3v) is 6.82. The van der Waals surface area contributed by atoms with Crippen LogP contribution in [0.4, 0.5) is 32.5 Å². The normalized spacial score (nSPS) is 20.2. The molecule has 1 aromatic carbocycles. The molecule has 5 rings (SSSR count). The smallest absolute Gasteiger partial charge is 0.265 e. The highest BCUT2D eigenvalue weighted by molar-refractivity contribution is 5.97. The lowest BCUT2D eigenvalue weighted by molar-refractivity contribution is -0.0239. The van der Waals surface area contributed by atoms with E-state index in [1.807, 2.05) is 0 Å². The first-order chi connectivity index (χ1) is 17.9. The molecule has 0 bridgehead atoms. The van der Waals surface area contributed by atoms with E-state index in [-0.39, 0.29) is 17.8 Å². The Morgan fingerprint density at radius 2 is 1.69 bits per heavy atom. The first-order valence-electron chi connectivity index (χ1n) is 11.9. The van der Waals surface area contributed by atoms with Gasteiger partial charge in [-0.2, -0.15) is 0 Å². The number of hydrogen-bond acceptors (Lipinski definition) is 6. The molecule has 3 aromatic rings. The molecule has 1 aliphatic carbocycles. The van der Waals surface area contributed by atoms with Crippen LogP contribution in [0.15, 0.2) is 35.3 Å². The summed E-state index contributed by atoms with van der Waals surface area (Å²) in [6.07, 6.45) is -0.731. The lowest BCUT2D eigenvalue weighted by atomic mass is 10.1. The number of rotatable bonds is 6. The summed E-state index contributed by atoms with van der Waals surface area (Å²) in [6.45, 7) is 0.225. The quantitative estimate of drug-likeness (QED) is 0.402. The average molecular weight is 558 g/mol. The molecule has 2 fully saturated rings. The van der Waals surface area contributed by atoms with Crippen LogP contribution < -0.4 is 15.6 Å². The van der Waals surface area contributed by atoms with Crippen molar-refractivity contribution in [2.24, 2.45) is 5.92 Å². The van der Waals surface area contributed by atoms with Crippen LogP contribution in [0.5, 0.6) is 0 Å². The fourth-order valence-electron chi connectivity index (χ4n) is 4.74. The van der Waals surface area contributed by atoms with E-state index in [4.69, 9.17) is 0 Å². The number of nitrogens with one attached hydrogen (secondary N) is 1. The second-order valence-corrected chi connectivity index (χ2v) is 9.76. The van der Waals surface area contributed by atoms with E-state index < -0.39 is 87.0 Å². The molecular weight excluding hydrogens is 534 g/mol. The highest BCUT2D eigenvalue weighted by atomic mass is 19.3. The maximum atomic E-state index is 15.1. The molecule has 1 amide bonds. The van der Waals surface area contributed by atoms with Gasteiger partial charge in [-0.1, -0.05) is 6.07 Å². The van der Waals surface area contributed by atoms with Gasteiger partial charge >= 0.3 is 0 Å². The van der Waals surface area contributed by atoms with Gasteiger partial charge in [0.2, 0.25) is 5.43 Å². The minimum atomic E-state index is -3.31. The summed E-state index contributed by atoms with van der Waals surface area (Å²) in [7, 11) is 0. The van der Waals surface area contributed by atoms with E-state index in [1.54, 1.807) is 0 Å². The fourth-order valence-corrected chi connectivity index (χ4v) is 4.74. The number of anilines is 1. The van der Waals surface area contributed by atoms with E-state index in [1.165, 1.54) is 4.90 Å². The number of aliphatic hydroxyl groups is 2. The number of para-hydroxylation sites is 1. The predicted octanol–water partition coefficient (Wildman–Crippen LogP) is 2.66. The topological polar surface area (TPSA) is 108 Å². The summed E-state index contributed by atoms with van der Waals surface area (Å²) in [4.78, 5) is 31.6. The number of pyridine rings is 2. The highest BCUT2D eigenvalue weighted by Crippen LogP contribution is 2.39. The number of carbonyl (C=O) groups is 1. The molecule has 2 aromatic heterocycles. The number of amides is 1. The molecular formula is C25H24F6N4O4. The molecule has 1 aliphatic heterocycles. The minimum Gasteiger partial charge on any atom is -0.389 e. The highest BCUT2D eigenvalue weighted by Gasteiger charge is 2.46. The van der Waals surface area contributed by atoms with Gasteiger partial charge in [0.25, 0.3) is 11.8 Å². The standard InChI is InChI=1S/C25H23F5N4O4.FH/c1-25(29,30)21(11-5-6-11)31-24(38)13-8-34(19-14(26)3-2-4-15(19)27)22-12(20(13)37)7-16(28)23(32-22)33-9-17(35)18(36)10-33;/h2-4,7-8,11,17-18,21,35-36H,5-6,9-10H2,1H3,(H,31,38);1H/t17-,18-,21+;/m1./s1. The molecule has 0 unspecified atom stereocenters. The Morgan fingerprint density at radius 3 is 2.23 bits per heavy atom. The van der Waals surface area contributed by atoms with Gasteiger partial charge in [-0.05, 0) is 37.0 Å². The van der Waals surface area contributed by atoms with E-state index in [2.05, 4.69) is 10.3 Å². The number of nitrogens with zero attached hydrogens (tertiary/aromatic N) is 3. The van der Waals surface area contributed by atoms with Crippen molar-refractivity contribution in [2.45, 2.75) is 43.9 Å². The number of aromatic nitrogens is 2. The van der Waals surface area contributed by atoms with Crippen molar-refractivity contribution < 1.29 is 41.7 Å². The van der Waals surface area contributed by atoms with Gasteiger partial charge in [0.15, 0.2) is 17.3 Å². The lowest BCUT2D eigenvalue weighted by Crippen LogP contribution is -2.48. The summed E-state index contributed by atoms with van der Waals surface area (Å²) in [5.41, 5.74) is -2.99. The third kappa shape index (κ3) is 5.17. The summed E-state index contributed by atoms with van der Waals surface area (Å²) in [5.74, 6) is -8.69. The second kappa shape index (κ2) is 10.2. The van der Waals surface area contributed by atoms with Crippen molar-refractivity contribution in [1.82, 2.24) is 14.9 Å². The van der Waals surface area contributed by atoms with Gasteiger partial charge in [-0.15, -0.1) is 0 Å². The Morgan fingerprint density at radius 1 is 1.10 bits per heavy atom. The van der Waals surface area contributed by atoms with Crippen molar-refractivity contribution >= 4 is 22.8 Å². The van der Waals surface area contributed by atoms with Crippen LogP contribution in [0.2, 0.25) is 0 Å². The Balaban J connectivity index is 0.00000353. The molecule has 0 spiro atoms. The maximum Gasteiger partial charge on any atom is 0.265 e. The molecule has 3 N–H and O–H groups in total. The van der Waals surface area contributed by atoms with E-state index >= 15 is 4.39 Å². The van der Waals surface area contributed by atoms with Crippen molar-refractivity contribution in [3.63, 3.8) is 0 Å². The van der Waals surface area contributed by atoms with Gasteiger partial charge in [0.1, 0.15) is 22.9 Å². The number of halogens is 6. The van der Waals surface area contributed by atoms with Crippen LogP contribution in [-0.4, -0.2) is 62.9 Å². The molecule has 8 nitrogen and oxygen atoms in total. The van der Waals surface area contributed by atoms with Crippen molar-refractivity contribution in [2.75, 3.05) is 18.0 Å². The number of benzene rings is 1. The Labute approximate surface area is 217 Å². The number of fused-ring (bicyclic) bond motifs is 1. The number of β-amino-alcohol motifs (C(OH)–C–C–N with tert-alkyl or cyclic N) is 2. The van der Waals surface area contributed by atoms with Crippen LogP contribution >= 0.6 is 0 Å². The first kappa shape index (κ1) is 28.4. The van der Waals surface area contributed by atoms with Gasteiger partial charge < -0.3 is 20.4 Å². The van der Waals surface area contributed by atoms with Crippen LogP contribution in [0.1, 0.15) is 30.1 Å². The fraction of sp³-hybridized carbons (Fsp3) is 0.400. The first-order valence-corrected chi connectivity index (χ1v) is 11.9. The summed E-state index contributed by atoms with van der Waals surface area (Å²) >= 11 is 0. The predicted molar refractivity (Wildman–Crippen MR) is 129 cm³/mol. The molecule has 210 valence electrons. The van der Waals surface area contributed by atoms with E-state index in [0.717, 1.165) is 35.0 Å². The van der Waals surface area contributed by atoms with Crippen molar-refractivity contribution in [3.8, 4) is 5.69 Å². The molecule has 14 heteroatoms. The molecule has 3 atom stereocenters. The van der Waals surface area contributed by atoms with Crippen LogP contribution in [-0.2, 0) is 0 Å². The molecule has 2 aliphatic rings.